The van der Waals surface area contributed by atoms with Gasteiger partial charge in [-0.1, -0.05) is 0 Å². The number of nitrogens with zero attached hydrogens (tertiary/aromatic N) is 2. The molecule has 0 unspecified atom stereocenters. The van der Waals surface area contributed by atoms with Gasteiger partial charge in [-0.15, -0.1) is 0 Å². The number of benzene rings is 1. The van der Waals surface area contributed by atoms with Crippen molar-refractivity contribution in [3.63, 3.8) is 0 Å². The number of rotatable bonds is 4. The summed E-state index contributed by atoms with van der Waals surface area (Å²) in [7, 11) is 1.67. The van der Waals surface area contributed by atoms with Crippen molar-refractivity contribution in [1.29, 1.82) is 0 Å². The molecule has 2 saturated heterocycles. The van der Waals surface area contributed by atoms with E-state index in [1.54, 1.807) is 7.11 Å². The van der Waals surface area contributed by atoms with Crippen LogP contribution in [-0.4, -0.2) is 50.3 Å². The molecule has 2 aliphatic heterocycles. The molecule has 0 aliphatic carbocycles. The van der Waals surface area contributed by atoms with Gasteiger partial charge in [-0.2, -0.15) is 0 Å². The van der Waals surface area contributed by atoms with Crippen molar-refractivity contribution >= 4 is 22.6 Å². The number of carbonyl (C=O) groups is 1. The number of aromatic nitrogens is 1. The molecule has 1 N–H and O–H groups in total. The number of nitrogens with one attached hydrogen (secondary N) is 1. The second kappa shape index (κ2) is 8.13. The van der Waals surface area contributed by atoms with Crippen LogP contribution in [0.3, 0.4) is 0 Å². The lowest BCUT2D eigenvalue weighted by molar-refractivity contribution is -0.126. The Hall–Kier alpha value is -2.34. The zero-order valence-electron chi connectivity index (χ0n) is 15.8. The third kappa shape index (κ3) is 4.16. The molecular weight excluding hydrogens is 342 g/mol. The van der Waals surface area contributed by atoms with Crippen LogP contribution in [0.4, 0.5) is 5.82 Å². The number of pyridine rings is 1. The van der Waals surface area contributed by atoms with Crippen molar-refractivity contribution in [3.8, 4) is 5.75 Å². The molecule has 4 rings (SSSR count). The minimum absolute atomic E-state index is 0.105. The Labute approximate surface area is 159 Å². The largest absolute Gasteiger partial charge is 0.497 e. The van der Waals surface area contributed by atoms with Gasteiger partial charge in [0.05, 0.1) is 12.6 Å². The first-order valence-corrected chi connectivity index (χ1v) is 9.81. The fraction of sp³-hybridized carbons (Fsp3) is 0.524. The molecule has 6 heteroatoms. The monoisotopic (exact) mass is 369 g/mol. The molecule has 0 radical (unpaired) electrons. The number of piperidine rings is 1. The van der Waals surface area contributed by atoms with Crippen molar-refractivity contribution in [2.45, 2.75) is 31.7 Å². The molecular formula is C21H27N3O3. The van der Waals surface area contributed by atoms with Gasteiger partial charge in [0, 0.05) is 43.6 Å². The van der Waals surface area contributed by atoms with Crippen LogP contribution in [0.2, 0.25) is 0 Å². The van der Waals surface area contributed by atoms with E-state index in [1.807, 2.05) is 18.2 Å². The topological polar surface area (TPSA) is 63.7 Å². The maximum atomic E-state index is 12.5. The minimum Gasteiger partial charge on any atom is -0.497 e. The minimum atomic E-state index is 0.105. The number of amides is 1. The maximum Gasteiger partial charge on any atom is 0.223 e. The molecule has 0 bridgehead atoms. The van der Waals surface area contributed by atoms with Gasteiger partial charge < -0.3 is 19.7 Å². The second-order valence-electron chi connectivity index (χ2n) is 7.38. The van der Waals surface area contributed by atoms with E-state index >= 15 is 0 Å². The first-order chi connectivity index (χ1) is 13.2. The molecule has 0 atom stereocenters. The lowest BCUT2D eigenvalue weighted by atomic mass is 9.95. The number of carbonyl (C=O) groups excluding carboxylic acids is 1. The third-order valence-corrected chi connectivity index (χ3v) is 5.64. The maximum absolute atomic E-state index is 12.5. The highest BCUT2D eigenvalue weighted by Crippen LogP contribution is 2.26. The normalized spacial score (nSPS) is 19.2. The highest BCUT2D eigenvalue weighted by Gasteiger charge is 2.27. The Kier molecular flexibility index (Phi) is 5.43. The van der Waals surface area contributed by atoms with Gasteiger partial charge in [-0.3, -0.25) is 4.79 Å². The zero-order chi connectivity index (χ0) is 18.6. The van der Waals surface area contributed by atoms with E-state index in [0.717, 1.165) is 74.5 Å². The average molecular weight is 369 g/mol. The summed E-state index contributed by atoms with van der Waals surface area (Å²) in [5.74, 6) is 2.14. The van der Waals surface area contributed by atoms with Crippen molar-refractivity contribution in [1.82, 2.24) is 10.3 Å². The molecule has 1 aromatic heterocycles. The number of methoxy groups -OCH3 is 1. The van der Waals surface area contributed by atoms with Crippen molar-refractivity contribution in [2.24, 2.45) is 5.92 Å². The first kappa shape index (κ1) is 18.0. The highest BCUT2D eigenvalue weighted by molar-refractivity contribution is 5.82. The summed E-state index contributed by atoms with van der Waals surface area (Å²) >= 11 is 0. The van der Waals surface area contributed by atoms with Crippen LogP contribution in [0.5, 0.6) is 5.75 Å². The second-order valence-corrected chi connectivity index (χ2v) is 7.38. The number of hydrogen-bond acceptors (Lipinski definition) is 5. The Bertz CT molecular complexity index is 796. The molecule has 27 heavy (non-hydrogen) atoms. The van der Waals surface area contributed by atoms with E-state index in [-0.39, 0.29) is 17.9 Å². The first-order valence-electron chi connectivity index (χ1n) is 9.81. The van der Waals surface area contributed by atoms with Gasteiger partial charge in [-0.25, -0.2) is 4.98 Å². The summed E-state index contributed by atoms with van der Waals surface area (Å²) < 4.78 is 10.6. The summed E-state index contributed by atoms with van der Waals surface area (Å²) in [6.07, 6.45) is 3.60. The van der Waals surface area contributed by atoms with Crippen molar-refractivity contribution in [2.75, 3.05) is 38.3 Å². The van der Waals surface area contributed by atoms with Gasteiger partial charge in [0.2, 0.25) is 5.91 Å². The number of fused-ring (bicyclic) bond motifs is 1. The van der Waals surface area contributed by atoms with Crippen LogP contribution in [0, 0.1) is 5.92 Å². The molecule has 0 spiro atoms. The van der Waals surface area contributed by atoms with Crippen LogP contribution in [-0.2, 0) is 9.53 Å². The van der Waals surface area contributed by atoms with Gasteiger partial charge in [0.25, 0.3) is 0 Å². The third-order valence-electron chi connectivity index (χ3n) is 5.64. The quantitative estimate of drug-likeness (QED) is 0.898. The number of ether oxygens (including phenoxy) is 2. The fourth-order valence-corrected chi connectivity index (χ4v) is 3.93. The zero-order valence-corrected chi connectivity index (χ0v) is 15.8. The molecule has 1 aromatic carbocycles. The van der Waals surface area contributed by atoms with Crippen molar-refractivity contribution in [3.05, 3.63) is 30.3 Å². The Balaban J connectivity index is 1.35. The molecule has 2 aliphatic rings. The van der Waals surface area contributed by atoms with E-state index in [9.17, 15) is 4.79 Å². The van der Waals surface area contributed by atoms with E-state index < -0.39 is 0 Å². The Morgan fingerprint density at radius 2 is 1.93 bits per heavy atom. The Morgan fingerprint density at radius 3 is 2.67 bits per heavy atom. The van der Waals surface area contributed by atoms with Crippen LogP contribution in [0.15, 0.2) is 30.3 Å². The predicted octanol–water partition coefficient (Wildman–Crippen LogP) is 2.76. The van der Waals surface area contributed by atoms with Crippen LogP contribution >= 0.6 is 0 Å². The smallest absolute Gasteiger partial charge is 0.223 e. The summed E-state index contributed by atoms with van der Waals surface area (Å²) in [4.78, 5) is 19.6. The molecule has 144 valence electrons. The summed E-state index contributed by atoms with van der Waals surface area (Å²) in [6.45, 7) is 3.23. The van der Waals surface area contributed by atoms with Crippen LogP contribution < -0.4 is 15.0 Å². The van der Waals surface area contributed by atoms with Crippen LogP contribution in [0.25, 0.3) is 10.9 Å². The fourth-order valence-electron chi connectivity index (χ4n) is 3.93. The summed E-state index contributed by atoms with van der Waals surface area (Å²) in [5.41, 5.74) is 0.965. The predicted molar refractivity (Wildman–Crippen MR) is 105 cm³/mol. The molecule has 6 nitrogen and oxygen atoms in total. The standard InChI is InChI=1S/C21H27N3O3/c1-26-18-3-4-19-16(14-18)2-5-20(23-19)24-10-6-15(7-11-24)21(25)22-17-8-12-27-13-9-17/h2-5,14-15,17H,6-13H2,1H3,(H,22,25). The molecule has 2 aromatic rings. The molecule has 1 amide bonds. The van der Waals surface area contributed by atoms with Gasteiger partial charge >= 0.3 is 0 Å². The summed E-state index contributed by atoms with van der Waals surface area (Å²) in [6, 6.07) is 10.4. The number of anilines is 1. The van der Waals surface area contributed by atoms with E-state index in [0.29, 0.717) is 0 Å². The Morgan fingerprint density at radius 1 is 1.15 bits per heavy atom. The lowest BCUT2D eigenvalue weighted by Crippen LogP contribution is -2.45. The summed E-state index contributed by atoms with van der Waals surface area (Å²) in [5, 5.41) is 4.29. The molecule has 3 heterocycles. The highest BCUT2D eigenvalue weighted by atomic mass is 16.5. The van der Waals surface area contributed by atoms with Crippen molar-refractivity contribution < 1.29 is 14.3 Å². The van der Waals surface area contributed by atoms with Gasteiger partial charge in [0.15, 0.2) is 0 Å². The average Bonchev–Trinajstić information content (AvgIpc) is 2.74. The van der Waals surface area contributed by atoms with E-state index in [1.165, 1.54) is 0 Å². The lowest BCUT2D eigenvalue weighted by Gasteiger charge is -2.33. The SMILES string of the molecule is COc1ccc2nc(N3CCC(C(=O)NC4CCOCC4)CC3)ccc2c1. The molecule has 0 saturated carbocycles. The van der Waals surface area contributed by atoms with Gasteiger partial charge in [0.1, 0.15) is 11.6 Å². The van der Waals surface area contributed by atoms with E-state index in [4.69, 9.17) is 14.5 Å². The molecule has 2 fully saturated rings. The van der Waals surface area contributed by atoms with Gasteiger partial charge in [-0.05, 0) is 56.0 Å². The van der Waals surface area contributed by atoms with E-state index in [2.05, 4.69) is 22.3 Å². The number of hydrogen-bond donors (Lipinski definition) is 1. The van der Waals surface area contributed by atoms with Crippen LogP contribution in [0.1, 0.15) is 25.7 Å².